The Balaban J connectivity index is 2.02. The molecule has 2 atom stereocenters. The monoisotopic (exact) mass is 325 g/mol. The van der Waals surface area contributed by atoms with Crippen molar-refractivity contribution in [2.24, 2.45) is 0 Å². The van der Waals surface area contributed by atoms with Crippen LogP contribution in [0.15, 0.2) is 28.7 Å². The zero-order chi connectivity index (χ0) is 13.9. The number of nitrogens with one attached hydrogen (secondary N) is 1. The van der Waals surface area contributed by atoms with Crippen LogP contribution < -0.4 is 5.32 Å². The number of hydrogen-bond donors (Lipinski definition) is 1. The molecule has 0 radical (unpaired) electrons. The van der Waals surface area contributed by atoms with Gasteiger partial charge in [-0.3, -0.25) is 0 Å². The molecule has 1 saturated heterocycles. The highest BCUT2D eigenvalue weighted by atomic mass is 79.9. The summed E-state index contributed by atoms with van der Waals surface area (Å²) in [5, 5.41) is 3.31. The predicted octanol–water partition coefficient (Wildman–Crippen LogP) is 4.10. The smallest absolute Gasteiger partial charge is 0.0631 e. The first-order valence-corrected chi connectivity index (χ1v) is 7.87. The number of rotatable bonds is 5. The van der Waals surface area contributed by atoms with Gasteiger partial charge < -0.3 is 10.1 Å². The van der Waals surface area contributed by atoms with Crippen molar-refractivity contribution in [3.63, 3.8) is 0 Å². The van der Waals surface area contributed by atoms with Crippen molar-refractivity contribution in [1.29, 1.82) is 0 Å². The van der Waals surface area contributed by atoms with Crippen LogP contribution in [0.25, 0.3) is 0 Å². The Morgan fingerprint density at radius 1 is 1.37 bits per heavy atom. The van der Waals surface area contributed by atoms with Crippen LogP contribution in [0.2, 0.25) is 0 Å². The van der Waals surface area contributed by atoms with Crippen molar-refractivity contribution in [3.05, 3.63) is 34.3 Å². The first-order valence-electron chi connectivity index (χ1n) is 7.08. The molecule has 1 aliphatic rings. The molecule has 19 heavy (non-hydrogen) atoms. The average molecular weight is 326 g/mol. The summed E-state index contributed by atoms with van der Waals surface area (Å²) in [7, 11) is 2.02. The van der Waals surface area contributed by atoms with Crippen molar-refractivity contribution >= 4 is 15.9 Å². The van der Waals surface area contributed by atoms with Crippen molar-refractivity contribution in [1.82, 2.24) is 5.32 Å². The highest BCUT2D eigenvalue weighted by Crippen LogP contribution is 2.34. The van der Waals surface area contributed by atoms with E-state index in [-0.39, 0.29) is 5.60 Å². The van der Waals surface area contributed by atoms with Crippen LogP contribution in [-0.4, -0.2) is 25.3 Å². The van der Waals surface area contributed by atoms with Gasteiger partial charge in [0.1, 0.15) is 0 Å². The van der Waals surface area contributed by atoms with Crippen LogP contribution in [0.5, 0.6) is 0 Å². The molecule has 2 unspecified atom stereocenters. The van der Waals surface area contributed by atoms with Crippen molar-refractivity contribution < 1.29 is 4.74 Å². The van der Waals surface area contributed by atoms with Crippen molar-refractivity contribution in [3.8, 4) is 0 Å². The van der Waals surface area contributed by atoms with E-state index >= 15 is 0 Å². The minimum absolute atomic E-state index is 0.0641. The van der Waals surface area contributed by atoms with Crippen LogP contribution in [0.3, 0.4) is 0 Å². The lowest BCUT2D eigenvalue weighted by atomic mass is 9.92. The predicted molar refractivity (Wildman–Crippen MR) is 83.6 cm³/mol. The first kappa shape index (κ1) is 15.0. The third-order valence-corrected chi connectivity index (χ3v) is 4.42. The zero-order valence-corrected chi connectivity index (χ0v) is 13.7. The Morgan fingerprint density at radius 3 is 2.58 bits per heavy atom. The quantitative estimate of drug-likeness (QED) is 0.880. The van der Waals surface area contributed by atoms with E-state index in [4.69, 9.17) is 4.74 Å². The summed E-state index contributed by atoms with van der Waals surface area (Å²) in [5.74, 6) is 0.525. The van der Waals surface area contributed by atoms with Crippen molar-refractivity contribution in [2.45, 2.75) is 50.7 Å². The van der Waals surface area contributed by atoms with Gasteiger partial charge in [0.15, 0.2) is 0 Å². The number of hydrogen-bond acceptors (Lipinski definition) is 2. The second-order valence-corrected chi connectivity index (χ2v) is 7.00. The van der Waals surface area contributed by atoms with E-state index in [0.717, 1.165) is 17.4 Å². The van der Waals surface area contributed by atoms with Gasteiger partial charge in [0.05, 0.1) is 11.7 Å². The van der Waals surface area contributed by atoms with Gasteiger partial charge in [-0.15, -0.1) is 0 Å². The van der Waals surface area contributed by atoms with E-state index in [0.29, 0.717) is 12.0 Å². The molecule has 1 aromatic carbocycles. The van der Waals surface area contributed by atoms with Crippen molar-refractivity contribution in [2.75, 3.05) is 13.6 Å². The Kier molecular flexibility index (Phi) is 5.04. The number of benzene rings is 1. The van der Waals surface area contributed by atoms with Gasteiger partial charge in [0.2, 0.25) is 0 Å². The molecule has 2 rings (SSSR count). The maximum absolute atomic E-state index is 6.13. The van der Waals surface area contributed by atoms with E-state index in [1.54, 1.807) is 0 Å². The third kappa shape index (κ3) is 4.30. The molecule has 0 aromatic heterocycles. The van der Waals surface area contributed by atoms with Gasteiger partial charge in [-0.25, -0.2) is 0 Å². The van der Waals surface area contributed by atoms with Crippen LogP contribution in [0.1, 0.15) is 44.6 Å². The van der Waals surface area contributed by atoms with Crippen LogP contribution in [0, 0.1) is 0 Å². The van der Waals surface area contributed by atoms with Gasteiger partial charge >= 0.3 is 0 Å². The SMILES string of the molecule is CNCC(CC1CCC(C)(C)O1)c1ccc(Br)cc1. The van der Waals surface area contributed by atoms with Gasteiger partial charge in [-0.2, -0.15) is 0 Å². The van der Waals surface area contributed by atoms with Gasteiger partial charge in [0.25, 0.3) is 0 Å². The Labute approximate surface area is 125 Å². The molecular weight excluding hydrogens is 302 g/mol. The maximum atomic E-state index is 6.13. The topological polar surface area (TPSA) is 21.3 Å². The normalized spacial score (nSPS) is 23.5. The summed E-state index contributed by atoms with van der Waals surface area (Å²) < 4.78 is 7.27. The standard InChI is InChI=1S/C16H24BrNO/c1-16(2)9-8-15(19-16)10-13(11-18-3)12-4-6-14(17)7-5-12/h4-7,13,15,18H,8-11H2,1-3H3. The minimum atomic E-state index is 0.0641. The molecule has 1 aliphatic heterocycles. The summed E-state index contributed by atoms with van der Waals surface area (Å²) in [6.07, 6.45) is 3.86. The van der Waals surface area contributed by atoms with Gasteiger partial charge in [-0.05, 0) is 63.8 Å². The van der Waals surface area contributed by atoms with Crippen LogP contribution in [-0.2, 0) is 4.74 Å². The highest BCUT2D eigenvalue weighted by molar-refractivity contribution is 9.10. The largest absolute Gasteiger partial charge is 0.372 e. The third-order valence-electron chi connectivity index (χ3n) is 3.89. The summed E-state index contributed by atoms with van der Waals surface area (Å²) in [4.78, 5) is 0. The minimum Gasteiger partial charge on any atom is -0.372 e. The summed E-state index contributed by atoms with van der Waals surface area (Å²) >= 11 is 3.50. The lowest BCUT2D eigenvalue weighted by Gasteiger charge is -2.23. The van der Waals surface area contributed by atoms with Gasteiger partial charge in [-0.1, -0.05) is 28.1 Å². The molecule has 0 saturated carbocycles. The van der Waals surface area contributed by atoms with E-state index in [1.807, 2.05) is 7.05 Å². The first-order chi connectivity index (χ1) is 9.00. The number of likely N-dealkylation sites (N-methyl/N-ethyl adjacent to an activating group) is 1. The molecule has 3 heteroatoms. The van der Waals surface area contributed by atoms with Crippen LogP contribution >= 0.6 is 15.9 Å². The molecule has 2 nitrogen and oxygen atoms in total. The fourth-order valence-electron chi connectivity index (χ4n) is 2.88. The lowest BCUT2D eigenvalue weighted by Crippen LogP contribution is -2.24. The zero-order valence-electron chi connectivity index (χ0n) is 12.1. The second kappa shape index (κ2) is 6.38. The van der Waals surface area contributed by atoms with E-state index in [1.165, 1.54) is 18.4 Å². The van der Waals surface area contributed by atoms with Crippen LogP contribution in [0.4, 0.5) is 0 Å². The fourth-order valence-corrected chi connectivity index (χ4v) is 3.14. The molecule has 1 N–H and O–H groups in total. The Bertz CT molecular complexity index is 402. The van der Waals surface area contributed by atoms with E-state index in [2.05, 4.69) is 59.4 Å². The highest BCUT2D eigenvalue weighted by Gasteiger charge is 2.33. The molecule has 106 valence electrons. The molecule has 0 spiro atoms. The number of ether oxygens (including phenoxy) is 1. The molecule has 0 aliphatic carbocycles. The number of halogens is 1. The fraction of sp³-hybridized carbons (Fsp3) is 0.625. The van der Waals surface area contributed by atoms with E-state index < -0.39 is 0 Å². The molecular formula is C16H24BrNO. The molecule has 1 fully saturated rings. The molecule has 0 bridgehead atoms. The Morgan fingerprint density at radius 2 is 2.05 bits per heavy atom. The lowest BCUT2D eigenvalue weighted by molar-refractivity contribution is -0.0208. The molecule has 0 amide bonds. The summed E-state index contributed by atoms with van der Waals surface area (Å²) in [6.45, 7) is 5.39. The summed E-state index contributed by atoms with van der Waals surface area (Å²) in [5.41, 5.74) is 1.46. The second-order valence-electron chi connectivity index (χ2n) is 6.08. The molecule has 1 aromatic rings. The molecule has 1 heterocycles. The maximum Gasteiger partial charge on any atom is 0.0631 e. The van der Waals surface area contributed by atoms with Gasteiger partial charge in [0, 0.05) is 11.0 Å². The Hall–Kier alpha value is -0.380. The van der Waals surface area contributed by atoms with E-state index in [9.17, 15) is 0 Å². The summed E-state index contributed by atoms with van der Waals surface area (Å²) in [6, 6.07) is 8.67. The average Bonchev–Trinajstić information content (AvgIpc) is 2.69.